The zero-order chi connectivity index (χ0) is 21.0. The molecule has 0 saturated heterocycles. The lowest BCUT2D eigenvalue weighted by Gasteiger charge is -2.24. The first kappa shape index (κ1) is 20.4. The minimum absolute atomic E-state index is 0.233. The number of rotatable bonds is 5. The van der Waals surface area contributed by atoms with Gasteiger partial charge in [0.15, 0.2) is 0 Å². The van der Waals surface area contributed by atoms with Crippen LogP contribution in [0, 0.1) is 6.92 Å². The van der Waals surface area contributed by atoms with Gasteiger partial charge in [-0.25, -0.2) is 0 Å². The van der Waals surface area contributed by atoms with E-state index in [0.717, 1.165) is 21.8 Å². The number of alkyl halides is 3. The van der Waals surface area contributed by atoms with Gasteiger partial charge in [-0.05, 0) is 36.2 Å². The Hall–Kier alpha value is -3.35. The number of carbonyl (C=O) groups is 1. The lowest BCUT2D eigenvalue weighted by atomic mass is 10.1. The molecule has 0 fully saturated rings. The van der Waals surface area contributed by atoms with E-state index in [-0.39, 0.29) is 6.54 Å². The summed E-state index contributed by atoms with van der Waals surface area (Å²) in [6.07, 6.45) is -3.92. The third-order valence-corrected chi connectivity index (χ3v) is 4.41. The van der Waals surface area contributed by atoms with Crippen LogP contribution in [0.1, 0.15) is 16.7 Å². The Kier molecular flexibility index (Phi) is 5.87. The van der Waals surface area contributed by atoms with E-state index in [9.17, 15) is 22.8 Å². The van der Waals surface area contributed by atoms with E-state index in [0.29, 0.717) is 18.0 Å². The molecule has 0 radical (unpaired) electrons. The normalized spacial score (nSPS) is 11.3. The molecule has 0 aliphatic heterocycles. The number of aryl methyl sites for hydroxylation is 1. The van der Waals surface area contributed by atoms with Crippen LogP contribution >= 0.6 is 0 Å². The lowest BCUT2D eigenvalue weighted by molar-refractivity contribution is -0.138. The molecule has 150 valence electrons. The fourth-order valence-corrected chi connectivity index (χ4v) is 2.94. The molecule has 4 nitrogen and oxygen atoms in total. The fourth-order valence-electron chi connectivity index (χ4n) is 2.94. The summed E-state index contributed by atoms with van der Waals surface area (Å²) in [5.41, 5.74) is 0.757. The van der Waals surface area contributed by atoms with Crippen LogP contribution < -0.4 is 10.5 Å². The smallest absolute Gasteiger partial charge is 0.306 e. The first-order valence-electron chi connectivity index (χ1n) is 8.93. The summed E-state index contributed by atoms with van der Waals surface area (Å²) in [6, 6.07) is 18.0. The van der Waals surface area contributed by atoms with Crippen LogP contribution in [-0.2, 0) is 24.1 Å². The Morgan fingerprint density at radius 1 is 1.00 bits per heavy atom. The van der Waals surface area contributed by atoms with Crippen LogP contribution in [0.15, 0.2) is 77.7 Å². The summed E-state index contributed by atoms with van der Waals surface area (Å²) in [5.74, 6) is -0.485. The molecule has 0 N–H and O–H groups in total. The second-order valence-corrected chi connectivity index (χ2v) is 6.69. The van der Waals surface area contributed by atoms with Gasteiger partial charge in [0.2, 0.25) is 5.91 Å². The second kappa shape index (κ2) is 8.34. The number of nitrogens with zero attached hydrogens (tertiary/aromatic N) is 2. The second-order valence-electron chi connectivity index (χ2n) is 6.69. The van der Waals surface area contributed by atoms with Gasteiger partial charge in [0.05, 0.1) is 12.1 Å². The number of carbonyl (C=O) groups excluding carboxylic acids is 1. The van der Waals surface area contributed by atoms with Gasteiger partial charge in [-0.2, -0.15) is 13.2 Å². The molecular weight excluding hydrogens is 381 g/mol. The highest BCUT2D eigenvalue weighted by Gasteiger charge is 2.31. The molecule has 29 heavy (non-hydrogen) atoms. The number of amides is 1. The van der Waals surface area contributed by atoms with Gasteiger partial charge in [-0.3, -0.25) is 9.59 Å². The molecule has 0 atom stereocenters. The predicted octanol–water partition coefficient (Wildman–Crippen LogP) is 4.41. The Morgan fingerprint density at radius 2 is 1.72 bits per heavy atom. The maximum absolute atomic E-state index is 13.0. The number of hydrogen-bond acceptors (Lipinski definition) is 2. The number of anilines is 1. The van der Waals surface area contributed by atoms with Crippen molar-refractivity contribution in [1.82, 2.24) is 4.57 Å². The molecule has 1 amide bonds. The molecular formula is C22H19F3N2O2. The Labute approximate surface area is 165 Å². The van der Waals surface area contributed by atoms with Gasteiger partial charge in [0.1, 0.15) is 6.54 Å². The number of hydrogen-bond donors (Lipinski definition) is 0. The summed E-state index contributed by atoms with van der Waals surface area (Å²) >= 11 is 0. The SMILES string of the molecule is Cc1cccc(N(Cc2ccccc2)C(=O)Cn2cc(C(F)(F)F)ccc2=O)c1. The highest BCUT2D eigenvalue weighted by Crippen LogP contribution is 2.28. The fraction of sp³-hybridized carbons (Fsp3) is 0.182. The molecule has 0 aliphatic rings. The van der Waals surface area contributed by atoms with Crippen molar-refractivity contribution >= 4 is 11.6 Å². The van der Waals surface area contributed by atoms with E-state index in [4.69, 9.17) is 0 Å². The Balaban J connectivity index is 1.94. The summed E-state index contributed by atoms with van der Waals surface area (Å²) in [4.78, 5) is 26.5. The van der Waals surface area contributed by atoms with E-state index >= 15 is 0 Å². The number of halogens is 3. The molecule has 0 unspecified atom stereocenters. The van der Waals surface area contributed by atoms with Crippen molar-refractivity contribution in [3.63, 3.8) is 0 Å². The van der Waals surface area contributed by atoms with Crippen LogP contribution in [0.4, 0.5) is 18.9 Å². The van der Waals surface area contributed by atoms with Crippen molar-refractivity contribution in [3.8, 4) is 0 Å². The molecule has 0 spiro atoms. The first-order valence-corrected chi connectivity index (χ1v) is 8.93. The summed E-state index contributed by atoms with van der Waals surface area (Å²) < 4.78 is 39.7. The van der Waals surface area contributed by atoms with Gasteiger partial charge >= 0.3 is 6.18 Å². The van der Waals surface area contributed by atoms with Crippen LogP contribution in [0.25, 0.3) is 0 Å². The van der Waals surface area contributed by atoms with E-state index in [2.05, 4.69) is 0 Å². The van der Waals surface area contributed by atoms with Gasteiger partial charge in [0.25, 0.3) is 5.56 Å². The largest absolute Gasteiger partial charge is 0.417 e. The van der Waals surface area contributed by atoms with Crippen molar-refractivity contribution < 1.29 is 18.0 Å². The average molecular weight is 400 g/mol. The number of pyridine rings is 1. The average Bonchev–Trinajstić information content (AvgIpc) is 2.67. The monoisotopic (exact) mass is 400 g/mol. The molecule has 3 rings (SSSR count). The van der Waals surface area contributed by atoms with Gasteiger partial charge in [-0.15, -0.1) is 0 Å². The van der Waals surface area contributed by atoms with Crippen LogP contribution in [0.5, 0.6) is 0 Å². The molecule has 3 aromatic rings. The molecule has 7 heteroatoms. The molecule has 0 saturated carbocycles. The maximum Gasteiger partial charge on any atom is 0.417 e. The summed E-state index contributed by atoms with van der Waals surface area (Å²) in [7, 11) is 0. The topological polar surface area (TPSA) is 42.3 Å². The zero-order valence-electron chi connectivity index (χ0n) is 15.7. The summed E-state index contributed by atoms with van der Waals surface area (Å²) in [6.45, 7) is 1.62. The van der Waals surface area contributed by atoms with Crippen molar-refractivity contribution in [2.75, 3.05) is 4.90 Å². The van der Waals surface area contributed by atoms with E-state index in [1.165, 1.54) is 4.90 Å². The van der Waals surface area contributed by atoms with E-state index in [1.807, 2.05) is 49.4 Å². The van der Waals surface area contributed by atoms with Crippen molar-refractivity contribution in [2.45, 2.75) is 26.2 Å². The van der Waals surface area contributed by atoms with Crippen molar-refractivity contribution in [2.24, 2.45) is 0 Å². The highest BCUT2D eigenvalue weighted by atomic mass is 19.4. The Bertz CT molecular complexity index is 1060. The molecule has 1 aromatic heterocycles. The van der Waals surface area contributed by atoms with Gasteiger partial charge < -0.3 is 9.47 Å². The molecule has 0 bridgehead atoms. The van der Waals surface area contributed by atoms with Gasteiger partial charge in [-0.1, -0.05) is 42.5 Å². The zero-order valence-corrected chi connectivity index (χ0v) is 15.7. The minimum Gasteiger partial charge on any atom is -0.306 e. The standard InChI is InChI=1S/C22H19F3N2O2/c1-16-6-5-9-19(12-16)27(13-17-7-3-2-4-8-17)21(29)15-26-14-18(22(23,24)25)10-11-20(26)28/h2-12,14H,13,15H2,1H3. The van der Waals surface area contributed by atoms with E-state index in [1.54, 1.807) is 12.1 Å². The minimum atomic E-state index is -4.60. The third kappa shape index (κ3) is 5.13. The molecule has 2 aromatic carbocycles. The van der Waals surface area contributed by atoms with Gasteiger partial charge in [0, 0.05) is 18.0 Å². The number of aromatic nitrogens is 1. The Morgan fingerprint density at radius 3 is 2.38 bits per heavy atom. The summed E-state index contributed by atoms with van der Waals surface area (Å²) in [5, 5.41) is 0. The maximum atomic E-state index is 13.0. The number of benzene rings is 2. The van der Waals surface area contributed by atoms with Crippen LogP contribution in [0.2, 0.25) is 0 Å². The first-order chi connectivity index (χ1) is 13.7. The van der Waals surface area contributed by atoms with Crippen LogP contribution in [-0.4, -0.2) is 10.5 Å². The molecule has 1 heterocycles. The predicted molar refractivity (Wildman–Crippen MR) is 105 cm³/mol. The van der Waals surface area contributed by atoms with E-state index < -0.39 is 29.8 Å². The lowest BCUT2D eigenvalue weighted by Crippen LogP contribution is -2.36. The third-order valence-electron chi connectivity index (χ3n) is 4.41. The van der Waals surface area contributed by atoms with Crippen molar-refractivity contribution in [3.05, 3.63) is 100.0 Å². The van der Waals surface area contributed by atoms with Crippen LogP contribution in [0.3, 0.4) is 0 Å². The molecule has 0 aliphatic carbocycles. The quantitative estimate of drug-likeness (QED) is 0.637. The van der Waals surface area contributed by atoms with Crippen molar-refractivity contribution in [1.29, 1.82) is 0 Å². The highest BCUT2D eigenvalue weighted by molar-refractivity contribution is 5.93.